The van der Waals surface area contributed by atoms with Crippen molar-refractivity contribution in [1.29, 1.82) is 0 Å². The van der Waals surface area contributed by atoms with E-state index in [4.69, 9.17) is 18.8 Å². The molecule has 0 amide bonds. The predicted molar refractivity (Wildman–Crippen MR) is 367 cm³/mol. The van der Waals surface area contributed by atoms with E-state index in [9.17, 15) is 0 Å². The smallest absolute Gasteiger partial charge is 0.159 e. The Hall–Kier alpha value is -11.9. The Labute approximate surface area is 503 Å². The van der Waals surface area contributed by atoms with Crippen LogP contribution in [0.15, 0.2) is 300 Å². The summed E-state index contributed by atoms with van der Waals surface area (Å²) >= 11 is 0. The van der Waals surface area contributed by atoms with Crippen molar-refractivity contribution in [3.8, 4) is 39.2 Å². The molecular weight excluding hydrogens is 1070 g/mol. The fourth-order valence-electron chi connectivity index (χ4n) is 14.4. The third-order valence-corrected chi connectivity index (χ3v) is 18.4. The topological polar surface area (TPSA) is 60.2 Å². The maximum atomic E-state index is 6.91. The number of anilines is 3. The van der Waals surface area contributed by atoms with Crippen LogP contribution in [0.2, 0.25) is 0 Å². The van der Waals surface area contributed by atoms with Crippen molar-refractivity contribution in [1.82, 2.24) is 14.5 Å². The normalized spacial score (nSPS) is 12.1. The Kier molecular flexibility index (Phi) is 10.4. The fourth-order valence-corrected chi connectivity index (χ4v) is 14.4. The molecule has 0 saturated carbocycles. The van der Waals surface area contributed by atoms with Crippen molar-refractivity contribution in [2.24, 2.45) is 0 Å². The van der Waals surface area contributed by atoms with Crippen molar-refractivity contribution < 1.29 is 8.83 Å². The standard InChI is InChI=1S/C82H48N4O2/c1-3-16-49(17-4-1)54-34-37-72(67(44-54)50-18-5-2-6-19-50)85(74-28-15-26-64-63-24-12-14-29-76(63)88-81(64)74)58-35-32-53-41-56-40-51(30-31-52(56)42-57(53)43-58)55-33-36-66-75(45-55)86(82-65-25-11-13-27-71(65)83-48-84-82)73-38-39-77-80(79(66)73)70-46-68-61-22-9-7-20-59(61)60-21-8-10-23-62(60)69(68)47-78(70)87-77/h1-48H. The fraction of sp³-hybridized carbons (Fsp3) is 0. The van der Waals surface area contributed by atoms with Gasteiger partial charge in [0.25, 0.3) is 0 Å². The number of benzene rings is 15. The summed E-state index contributed by atoms with van der Waals surface area (Å²) in [5.41, 5.74) is 16.2. The van der Waals surface area contributed by atoms with Crippen molar-refractivity contribution in [2.75, 3.05) is 4.90 Å². The second-order valence-electron chi connectivity index (χ2n) is 23.2. The maximum Gasteiger partial charge on any atom is 0.159 e. The summed E-state index contributed by atoms with van der Waals surface area (Å²) in [5, 5.41) is 19.5. The van der Waals surface area contributed by atoms with Gasteiger partial charge in [-0.05, 0) is 179 Å². The summed E-state index contributed by atoms with van der Waals surface area (Å²) in [4.78, 5) is 12.2. The Balaban J connectivity index is 0.782. The summed E-state index contributed by atoms with van der Waals surface area (Å²) in [6.07, 6.45) is 1.69. The van der Waals surface area contributed by atoms with Gasteiger partial charge < -0.3 is 13.7 Å². The van der Waals surface area contributed by atoms with E-state index in [1.807, 2.05) is 12.1 Å². The molecule has 6 heteroatoms. The Bertz CT molecular complexity index is 6130. The first-order valence-electron chi connectivity index (χ1n) is 29.9. The highest BCUT2D eigenvalue weighted by Crippen LogP contribution is 2.49. The molecule has 0 unspecified atom stereocenters. The minimum Gasteiger partial charge on any atom is -0.456 e. The Morgan fingerprint density at radius 3 is 1.72 bits per heavy atom. The lowest BCUT2D eigenvalue weighted by Crippen LogP contribution is -2.11. The zero-order valence-corrected chi connectivity index (χ0v) is 47.3. The second-order valence-corrected chi connectivity index (χ2v) is 23.2. The first-order chi connectivity index (χ1) is 43.6. The van der Waals surface area contributed by atoms with Crippen LogP contribution in [0.4, 0.5) is 17.1 Å². The van der Waals surface area contributed by atoms with E-state index in [0.717, 1.165) is 149 Å². The summed E-state index contributed by atoms with van der Waals surface area (Å²) in [6, 6.07) is 103. The average molecular weight is 1120 g/mol. The zero-order chi connectivity index (χ0) is 57.6. The molecule has 6 nitrogen and oxygen atoms in total. The van der Waals surface area contributed by atoms with Gasteiger partial charge >= 0.3 is 0 Å². The lowest BCUT2D eigenvalue weighted by Gasteiger charge is -2.28. The van der Waals surface area contributed by atoms with Crippen LogP contribution in [0, 0.1) is 0 Å². The molecule has 15 aromatic carbocycles. The molecule has 4 heterocycles. The van der Waals surface area contributed by atoms with Gasteiger partial charge in [-0.2, -0.15) is 0 Å². The number of nitrogens with zero attached hydrogens (tertiary/aromatic N) is 4. The van der Waals surface area contributed by atoms with Gasteiger partial charge in [-0.1, -0.05) is 188 Å². The number of fused-ring (bicyclic) bond motifs is 19. The van der Waals surface area contributed by atoms with Crippen molar-refractivity contribution in [3.63, 3.8) is 0 Å². The molecular formula is C82H48N4O2. The highest BCUT2D eigenvalue weighted by molar-refractivity contribution is 6.32. The molecule has 4 aromatic heterocycles. The molecule has 0 bridgehead atoms. The number of furan rings is 2. The van der Waals surface area contributed by atoms with Crippen LogP contribution in [0.25, 0.3) is 170 Å². The number of rotatable bonds is 7. The largest absolute Gasteiger partial charge is 0.456 e. The molecule has 408 valence electrons. The van der Waals surface area contributed by atoms with Crippen LogP contribution >= 0.6 is 0 Å². The monoisotopic (exact) mass is 1120 g/mol. The van der Waals surface area contributed by atoms with E-state index < -0.39 is 0 Å². The van der Waals surface area contributed by atoms with E-state index in [0.29, 0.717) is 0 Å². The van der Waals surface area contributed by atoms with Gasteiger partial charge in [0.1, 0.15) is 28.9 Å². The summed E-state index contributed by atoms with van der Waals surface area (Å²) in [6.45, 7) is 0. The molecule has 0 saturated heterocycles. The average Bonchev–Trinajstić information content (AvgIpc) is 1.74. The van der Waals surface area contributed by atoms with Crippen molar-refractivity contribution in [2.45, 2.75) is 0 Å². The van der Waals surface area contributed by atoms with E-state index in [-0.39, 0.29) is 0 Å². The minimum absolute atomic E-state index is 0.829. The maximum absolute atomic E-state index is 6.91. The zero-order valence-electron chi connectivity index (χ0n) is 47.3. The van der Waals surface area contributed by atoms with Crippen molar-refractivity contribution in [3.05, 3.63) is 291 Å². The van der Waals surface area contributed by atoms with E-state index >= 15 is 0 Å². The second kappa shape index (κ2) is 18.8. The Morgan fingerprint density at radius 2 is 0.920 bits per heavy atom. The third-order valence-electron chi connectivity index (χ3n) is 18.4. The number of aromatic nitrogens is 3. The van der Waals surface area contributed by atoms with Crippen LogP contribution in [0.5, 0.6) is 0 Å². The quantitative estimate of drug-likeness (QED) is 0.118. The molecule has 0 N–H and O–H groups in total. The highest BCUT2D eigenvalue weighted by Gasteiger charge is 2.25. The van der Waals surface area contributed by atoms with Gasteiger partial charge in [0.15, 0.2) is 5.58 Å². The first-order valence-corrected chi connectivity index (χ1v) is 29.9. The third kappa shape index (κ3) is 7.30. The SMILES string of the molecule is c1ccc(-c2ccc(N(c3ccc4cc5cc(-c6ccc7c8c9c(ccc8n(-c8ncnc%10ccccc8%10)c7c6)oc6cc7c8ccccc8c8ccccc8c7cc69)ccc5cc4c3)c3cccc4c3oc3ccccc34)c(-c3ccccc3)c2)cc1. The van der Waals surface area contributed by atoms with E-state index in [1.54, 1.807) is 6.33 Å². The minimum atomic E-state index is 0.829. The van der Waals surface area contributed by atoms with Crippen LogP contribution in [0.3, 0.4) is 0 Å². The molecule has 0 aliphatic carbocycles. The molecule has 88 heavy (non-hydrogen) atoms. The van der Waals surface area contributed by atoms with Gasteiger partial charge in [-0.15, -0.1) is 0 Å². The molecule has 0 aliphatic rings. The first kappa shape index (κ1) is 48.5. The van der Waals surface area contributed by atoms with E-state index in [1.165, 1.54) is 37.9 Å². The lowest BCUT2D eigenvalue weighted by atomic mass is 9.93. The molecule has 0 aliphatic heterocycles. The van der Waals surface area contributed by atoms with Gasteiger partial charge in [0, 0.05) is 49.0 Å². The number of hydrogen-bond acceptors (Lipinski definition) is 5. The highest BCUT2D eigenvalue weighted by atomic mass is 16.3. The lowest BCUT2D eigenvalue weighted by molar-refractivity contribution is 0.669. The van der Waals surface area contributed by atoms with Crippen molar-refractivity contribution >= 4 is 148 Å². The van der Waals surface area contributed by atoms with Gasteiger partial charge in [-0.25, -0.2) is 9.97 Å². The van der Waals surface area contributed by atoms with Crippen LogP contribution in [-0.2, 0) is 0 Å². The number of hydrogen-bond donors (Lipinski definition) is 0. The number of para-hydroxylation sites is 3. The molecule has 0 fully saturated rings. The van der Waals surface area contributed by atoms with Gasteiger partial charge in [-0.3, -0.25) is 4.57 Å². The summed E-state index contributed by atoms with van der Waals surface area (Å²) < 4.78 is 16.1. The van der Waals surface area contributed by atoms with Gasteiger partial charge in [0.2, 0.25) is 0 Å². The Morgan fingerprint density at radius 1 is 0.295 bits per heavy atom. The van der Waals surface area contributed by atoms with Gasteiger partial charge in [0.05, 0.1) is 27.9 Å². The molecule has 19 aromatic rings. The van der Waals surface area contributed by atoms with Crippen LogP contribution in [0.1, 0.15) is 0 Å². The molecule has 0 spiro atoms. The predicted octanol–water partition coefficient (Wildman–Crippen LogP) is 22.8. The van der Waals surface area contributed by atoms with Crippen LogP contribution in [-0.4, -0.2) is 14.5 Å². The van der Waals surface area contributed by atoms with Crippen LogP contribution < -0.4 is 4.90 Å². The summed E-state index contributed by atoms with van der Waals surface area (Å²) in [5.74, 6) is 0.829. The summed E-state index contributed by atoms with van der Waals surface area (Å²) in [7, 11) is 0. The van der Waals surface area contributed by atoms with E-state index in [2.05, 4.69) is 282 Å². The molecule has 0 atom stereocenters. The molecule has 19 rings (SSSR count). The molecule has 0 radical (unpaired) electrons.